The Balaban J connectivity index is 2.39. The van der Waals surface area contributed by atoms with Gasteiger partial charge in [0, 0.05) is 6.42 Å². The van der Waals surface area contributed by atoms with Gasteiger partial charge in [0.25, 0.3) is 0 Å². The van der Waals surface area contributed by atoms with Crippen LogP contribution >= 0.6 is 11.3 Å². The van der Waals surface area contributed by atoms with E-state index < -0.39 is 0 Å². The average molecular weight is 141 g/mol. The summed E-state index contributed by atoms with van der Waals surface area (Å²) in [4.78, 5) is 10.7. The van der Waals surface area contributed by atoms with Gasteiger partial charge in [-0.15, -0.1) is 11.3 Å². The Hall–Kier alpha value is -0.540. The fourth-order valence-corrected chi connectivity index (χ4v) is 1.49. The van der Waals surface area contributed by atoms with Crippen LogP contribution in [-0.4, -0.2) is 0 Å². The van der Waals surface area contributed by atoms with Crippen LogP contribution < -0.4 is 4.89 Å². The normalized spacial score (nSPS) is 16.4. The van der Waals surface area contributed by atoms with Crippen molar-refractivity contribution in [3.8, 4) is 5.75 Å². The summed E-state index contributed by atoms with van der Waals surface area (Å²) in [6, 6.07) is 1.91. The maximum Gasteiger partial charge on any atom is 0.179 e. The summed E-state index contributed by atoms with van der Waals surface area (Å²) in [5.41, 5.74) is 0. The third-order valence-corrected chi connectivity index (χ3v) is 2.10. The molecular formula is C6H5O2S. The first kappa shape index (κ1) is 5.26. The molecule has 1 aromatic heterocycles. The summed E-state index contributed by atoms with van der Waals surface area (Å²) in [5.74, 6) is 0.863. The molecule has 1 radical (unpaired) electrons. The minimum absolute atomic E-state index is 0.863. The van der Waals surface area contributed by atoms with E-state index in [0.29, 0.717) is 0 Å². The SMILES string of the molecule is [CH]1Cc2sccc2OO1. The predicted molar refractivity (Wildman–Crippen MR) is 34.0 cm³/mol. The van der Waals surface area contributed by atoms with Crippen LogP contribution in [0.1, 0.15) is 4.88 Å². The molecule has 0 N–H and O–H groups in total. The summed E-state index contributed by atoms with van der Waals surface area (Å²) >= 11 is 1.69. The van der Waals surface area contributed by atoms with Gasteiger partial charge < -0.3 is 4.89 Å². The first-order valence-corrected chi connectivity index (χ1v) is 3.56. The van der Waals surface area contributed by atoms with Crippen molar-refractivity contribution in [1.82, 2.24) is 0 Å². The maximum absolute atomic E-state index is 4.82. The van der Waals surface area contributed by atoms with Gasteiger partial charge in [-0.3, -0.25) is 0 Å². The molecule has 1 aliphatic heterocycles. The first-order valence-electron chi connectivity index (χ1n) is 2.68. The van der Waals surface area contributed by atoms with Crippen LogP contribution in [0.5, 0.6) is 5.75 Å². The van der Waals surface area contributed by atoms with Crippen molar-refractivity contribution in [2.75, 3.05) is 0 Å². The molecule has 0 saturated carbocycles. The van der Waals surface area contributed by atoms with E-state index in [1.807, 2.05) is 11.4 Å². The fourth-order valence-electron chi connectivity index (χ4n) is 0.747. The molecule has 0 bridgehead atoms. The lowest BCUT2D eigenvalue weighted by Crippen LogP contribution is -2.02. The van der Waals surface area contributed by atoms with Gasteiger partial charge in [-0.05, 0) is 11.4 Å². The lowest BCUT2D eigenvalue weighted by Gasteiger charge is -2.09. The topological polar surface area (TPSA) is 18.5 Å². The summed E-state index contributed by atoms with van der Waals surface area (Å²) in [5, 5.41) is 1.99. The quantitative estimate of drug-likeness (QED) is 0.513. The Morgan fingerprint density at radius 1 is 1.56 bits per heavy atom. The summed E-state index contributed by atoms with van der Waals surface area (Å²) < 4.78 is 0. The Bertz CT molecular complexity index is 186. The van der Waals surface area contributed by atoms with E-state index in [1.165, 1.54) is 4.88 Å². The zero-order valence-electron chi connectivity index (χ0n) is 4.66. The lowest BCUT2D eigenvalue weighted by atomic mass is 10.3. The van der Waals surface area contributed by atoms with Crippen LogP contribution in [0.3, 0.4) is 0 Å². The van der Waals surface area contributed by atoms with Crippen LogP contribution in [0, 0.1) is 6.61 Å². The van der Waals surface area contributed by atoms with Crippen molar-refractivity contribution < 1.29 is 9.78 Å². The van der Waals surface area contributed by atoms with Crippen molar-refractivity contribution in [1.29, 1.82) is 0 Å². The van der Waals surface area contributed by atoms with E-state index in [-0.39, 0.29) is 0 Å². The van der Waals surface area contributed by atoms with Gasteiger partial charge in [-0.25, -0.2) is 0 Å². The Morgan fingerprint density at radius 3 is 3.44 bits per heavy atom. The lowest BCUT2D eigenvalue weighted by molar-refractivity contribution is -0.182. The molecular weight excluding hydrogens is 136 g/mol. The zero-order chi connectivity index (χ0) is 6.10. The standard InChI is InChI=1S/C6H5O2S/c1-3-7-8-5-2-4-9-6(1)5/h2-4H,1H2. The zero-order valence-corrected chi connectivity index (χ0v) is 5.48. The third kappa shape index (κ3) is 0.821. The molecule has 2 nitrogen and oxygen atoms in total. The minimum atomic E-state index is 0.863. The second-order valence-electron chi connectivity index (χ2n) is 1.76. The molecule has 0 amide bonds. The number of rotatable bonds is 0. The molecule has 0 saturated heterocycles. The molecule has 0 aromatic carbocycles. The monoisotopic (exact) mass is 141 g/mol. The molecule has 1 aliphatic rings. The van der Waals surface area contributed by atoms with Gasteiger partial charge in [0.1, 0.15) is 6.61 Å². The van der Waals surface area contributed by atoms with E-state index in [1.54, 1.807) is 17.9 Å². The fraction of sp³-hybridized carbons (Fsp3) is 0.167. The second kappa shape index (κ2) is 2.01. The van der Waals surface area contributed by atoms with E-state index in [4.69, 9.17) is 4.89 Å². The van der Waals surface area contributed by atoms with Gasteiger partial charge in [0.2, 0.25) is 0 Å². The van der Waals surface area contributed by atoms with Gasteiger partial charge in [-0.2, -0.15) is 4.89 Å². The van der Waals surface area contributed by atoms with Gasteiger partial charge in [0.15, 0.2) is 5.75 Å². The molecule has 1 aromatic rings. The number of hydrogen-bond donors (Lipinski definition) is 0. The average Bonchev–Trinajstić information content (AvgIpc) is 2.33. The van der Waals surface area contributed by atoms with Crippen molar-refractivity contribution in [3.05, 3.63) is 22.9 Å². The Labute approximate surface area is 57.0 Å². The highest BCUT2D eigenvalue weighted by Gasteiger charge is 2.11. The van der Waals surface area contributed by atoms with Crippen molar-refractivity contribution in [2.45, 2.75) is 6.42 Å². The third-order valence-electron chi connectivity index (χ3n) is 1.18. The molecule has 0 atom stereocenters. The number of fused-ring (bicyclic) bond motifs is 1. The highest BCUT2D eigenvalue weighted by atomic mass is 32.1. The van der Waals surface area contributed by atoms with Gasteiger partial charge in [-0.1, -0.05) is 0 Å². The van der Waals surface area contributed by atoms with Crippen molar-refractivity contribution >= 4 is 11.3 Å². The van der Waals surface area contributed by atoms with Crippen LogP contribution in [0.25, 0.3) is 0 Å². The van der Waals surface area contributed by atoms with E-state index in [9.17, 15) is 0 Å². The minimum Gasteiger partial charge on any atom is -0.336 e. The maximum atomic E-state index is 4.82. The smallest absolute Gasteiger partial charge is 0.179 e. The van der Waals surface area contributed by atoms with E-state index >= 15 is 0 Å². The molecule has 0 spiro atoms. The molecule has 0 aliphatic carbocycles. The van der Waals surface area contributed by atoms with Crippen LogP contribution in [-0.2, 0) is 11.3 Å². The Kier molecular flexibility index (Phi) is 1.17. The Morgan fingerprint density at radius 2 is 2.56 bits per heavy atom. The summed E-state index contributed by atoms with van der Waals surface area (Å²) in [6.45, 7) is 1.65. The van der Waals surface area contributed by atoms with Crippen LogP contribution in [0.4, 0.5) is 0 Å². The second-order valence-corrected chi connectivity index (χ2v) is 2.76. The molecule has 2 rings (SSSR count). The highest BCUT2D eigenvalue weighted by Crippen LogP contribution is 2.29. The van der Waals surface area contributed by atoms with Crippen LogP contribution in [0.15, 0.2) is 11.4 Å². The van der Waals surface area contributed by atoms with E-state index in [2.05, 4.69) is 4.89 Å². The molecule has 3 heteroatoms. The van der Waals surface area contributed by atoms with Crippen molar-refractivity contribution in [2.24, 2.45) is 0 Å². The molecule has 9 heavy (non-hydrogen) atoms. The molecule has 2 heterocycles. The van der Waals surface area contributed by atoms with Gasteiger partial charge in [0.05, 0.1) is 4.88 Å². The number of thiophene rings is 1. The predicted octanol–water partition coefficient (Wildman–Crippen LogP) is 1.78. The van der Waals surface area contributed by atoms with Crippen LogP contribution in [0.2, 0.25) is 0 Å². The van der Waals surface area contributed by atoms with E-state index in [0.717, 1.165) is 12.2 Å². The first-order chi connectivity index (χ1) is 4.47. The summed E-state index contributed by atoms with van der Waals surface area (Å²) in [7, 11) is 0. The molecule has 0 fully saturated rings. The van der Waals surface area contributed by atoms with Crippen molar-refractivity contribution in [3.63, 3.8) is 0 Å². The summed E-state index contributed by atoms with van der Waals surface area (Å²) in [6.07, 6.45) is 0.868. The highest BCUT2D eigenvalue weighted by molar-refractivity contribution is 7.10. The van der Waals surface area contributed by atoms with Gasteiger partial charge >= 0.3 is 0 Å². The number of hydrogen-bond acceptors (Lipinski definition) is 3. The molecule has 0 unspecified atom stereocenters. The molecule has 47 valence electrons. The largest absolute Gasteiger partial charge is 0.336 e.